The second-order valence-corrected chi connectivity index (χ2v) is 6.01. The van der Waals surface area contributed by atoms with E-state index in [2.05, 4.69) is 0 Å². The molecule has 0 fully saturated rings. The third-order valence-corrected chi connectivity index (χ3v) is 4.28. The van der Waals surface area contributed by atoms with Crippen molar-refractivity contribution in [3.05, 3.63) is 48.8 Å². The van der Waals surface area contributed by atoms with Crippen LogP contribution in [0.15, 0.2) is 27.1 Å². The lowest BCUT2D eigenvalue weighted by Crippen LogP contribution is -2.35. The highest BCUT2D eigenvalue weighted by atomic mass is 32.1. The Morgan fingerprint density at radius 1 is 1.24 bits per heavy atom. The molecule has 3 N–H and O–H groups in total. The van der Waals surface area contributed by atoms with E-state index < -0.39 is 35.2 Å². The molecule has 0 aliphatic heterocycles. The van der Waals surface area contributed by atoms with Crippen molar-refractivity contribution >= 4 is 34.7 Å². The van der Waals surface area contributed by atoms with Gasteiger partial charge in [-0.05, 0) is 11.4 Å². The molecule has 2 aromatic rings. The van der Waals surface area contributed by atoms with Crippen LogP contribution in [0.3, 0.4) is 0 Å². The smallest absolute Gasteiger partial charge is 0.329 e. The molecule has 0 unspecified atom stereocenters. The van der Waals surface area contributed by atoms with Crippen LogP contribution in [-0.4, -0.2) is 33.7 Å². The van der Waals surface area contributed by atoms with Gasteiger partial charge >= 0.3 is 11.7 Å². The lowest BCUT2D eigenvalue weighted by Gasteiger charge is -2.08. The number of hydrogen-bond donors (Lipinski definition) is 2. The van der Waals surface area contributed by atoms with E-state index in [1.54, 1.807) is 17.5 Å². The summed E-state index contributed by atoms with van der Waals surface area (Å²) in [4.78, 5) is 61.0. The summed E-state index contributed by atoms with van der Waals surface area (Å²) in [6.45, 7) is -0.711. The predicted molar refractivity (Wildman–Crippen MR) is 89.9 cm³/mol. The van der Waals surface area contributed by atoms with Crippen molar-refractivity contribution in [3.63, 3.8) is 0 Å². The molecule has 0 amide bonds. The first kappa shape index (κ1) is 18.3. The third kappa shape index (κ3) is 4.29. The van der Waals surface area contributed by atoms with Gasteiger partial charge < -0.3 is 10.5 Å². The number of nitrogens with zero attached hydrogens (tertiary/aromatic N) is 1. The monoisotopic (exact) mass is 365 g/mol. The molecule has 132 valence electrons. The minimum Gasteiger partial charge on any atom is -0.457 e. The van der Waals surface area contributed by atoms with Crippen molar-refractivity contribution in [1.29, 1.82) is 0 Å². The van der Waals surface area contributed by atoms with Gasteiger partial charge in [-0.2, -0.15) is 0 Å². The molecule has 2 rings (SSSR count). The van der Waals surface area contributed by atoms with Gasteiger partial charge in [0.25, 0.3) is 5.56 Å². The molecule has 2 heterocycles. The summed E-state index contributed by atoms with van der Waals surface area (Å²) in [6.07, 6.45) is -0.237. The Balaban J connectivity index is 1.93. The van der Waals surface area contributed by atoms with Crippen LogP contribution in [0.4, 0.5) is 5.82 Å². The summed E-state index contributed by atoms with van der Waals surface area (Å²) < 4.78 is 5.67. The molecular weight excluding hydrogens is 350 g/mol. The maximum absolute atomic E-state index is 12.0. The highest BCUT2D eigenvalue weighted by Gasteiger charge is 2.20. The topological polar surface area (TPSA) is 141 Å². The number of carbonyl (C=O) groups is 3. The summed E-state index contributed by atoms with van der Waals surface area (Å²) in [5, 5.41) is 1.75. The molecule has 0 spiro atoms. The van der Waals surface area contributed by atoms with Gasteiger partial charge in [-0.3, -0.25) is 28.7 Å². The quantitative estimate of drug-likeness (QED) is 0.524. The van der Waals surface area contributed by atoms with E-state index in [0.717, 1.165) is 4.57 Å². The summed E-state index contributed by atoms with van der Waals surface area (Å²) >= 11 is 1.27. The summed E-state index contributed by atoms with van der Waals surface area (Å²) in [6, 6.07) is 3.38. The van der Waals surface area contributed by atoms with Crippen LogP contribution in [-0.2, 0) is 16.6 Å². The number of H-pyrrole nitrogens is 1. The highest BCUT2D eigenvalue weighted by molar-refractivity contribution is 7.12. The van der Waals surface area contributed by atoms with Gasteiger partial charge in [0.2, 0.25) is 5.78 Å². The average Bonchev–Trinajstić information content (AvgIpc) is 3.10. The number of esters is 1. The molecule has 0 aliphatic rings. The van der Waals surface area contributed by atoms with Gasteiger partial charge in [-0.15, -0.1) is 11.3 Å². The summed E-state index contributed by atoms with van der Waals surface area (Å²) in [5.74, 6) is -2.11. The standard InChI is InChI=1S/C15H15N3O6S/c1-18-13(16)12(14(22)17-15(18)23)9(20)7-24-11(21)5-4-8(19)10-3-2-6-25-10/h2-3,6H,4-5,7,16H2,1H3,(H,17,22,23). The van der Waals surface area contributed by atoms with E-state index in [9.17, 15) is 24.0 Å². The molecule has 9 nitrogen and oxygen atoms in total. The van der Waals surface area contributed by atoms with Crippen LogP contribution in [0, 0.1) is 0 Å². The minimum atomic E-state index is -0.950. The van der Waals surface area contributed by atoms with Gasteiger partial charge in [0.15, 0.2) is 12.4 Å². The Hall–Kier alpha value is -3.01. The number of aromatic amines is 1. The molecular formula is C15H15N3O6S. The zero-order valence-corrected chi connectivity index (χ0v) is 14.1. The van der Waals surface area contributed by atoms with Gasteiger partial charge in [0.05, 0.1) is 11.3 Å². The molecule has 0 radical (unpaired) electrons. The van der Waals surface area contributed by atoms with Crippen LogP contribution in [0.1, 0.15) is 32.9 Å². The Morgan fingerprint density at radius 2 is 1.96 bits per heavy atom. The van der Waals surface area contributed by atoms with E-state index in [1.807, 2.05) is 4.98 Å². The van der Waals surface area contributed by atoms with Crippen LogP contribution in [0.25, 0.3) is 0 Å². The van der Waals surface area contributed by atoms with E-state index in [0.29, 0.717) is 4.88 Å². The van der Waals surface area contributed by atoms with E-state index in [1.165, 1.54) is 18.4 Å². The minimum absolute atomic E-state index is 0.0455. The summed E-state index contributed by atoms with van der Waals surface area (Å²) in [7, 11) is 1.28. The second kappa shape index (κ2) is 7.71. The van der Waals surface area contributed by atoms with Crippen molar-refractivity contribution in [2.45, 2.75) is 12.8 Å². The highest BCUT2D eigenvalue weighted by Crippen LogP contribution is 2.12. The molecule has 0 aliphatic carbocycles. The maximum atomic E-state index is 12.0. The van der Waals surface area contributed by atoms with Crippen molar-refractivity contribution in [2.24, 2.45) is 7.05 Å². The Kier molecular flexibility index (Phi) is 5.65. The van der Waals surface area contributed by atoms with Crippen LogP contribution in [0.2, 0.25) is 0 Å². The average molecular weight is 365 g/mol. The number of thiophene rings is 1. The first-order chi connectivity index (χ1) is 11.8. The predicted octanol–water partition coefficient (Wildman–Crippen LogP) is 0.106. The van der Waals surface area contributed by atoms with Crippen molar-refractivity contribution in [1.82, 2.24) is 9.55 Å². The number of hydrogen-bond acceptors (Lipinski definition) is 8. The molecule has 0 bridgehead atoms. The number of nitrogen functional groups attached to an aromatic ring is 1. The first-order valence-electron chi connectivity index (χ1n) is 7.15. The normalized spacial score (nSPS) is 10.4. The Labute approximate surface area is 145 Å². The van der Waals surface area contributed by atoms with Crippen LogP contribution < -0.4 is 17.0 Å². The molecule has 25 heavy (non-hydrogen) atoms. The van der Waals surface area contributed by atoms with Crippen LogP contribution >= 0.6 is 11.3 Å². The fraction of sp³-hybridized carbons (Fsp3) is 0.267. The largest absolute Gasteiger partial charge is 0.457 e. The molecule has 10 heteroatoms. The number of anilines is 1. The molecule has 2 aromatic heterocycles. The maximum Gasteiger partial charge on any atom is 0.329 e. The van der Waals surface area contributed by atoms with Gasteiger partial charge in [-0.25, -0.2) is 4.79 Å². The number of aromatic nitrogens is 2. The Morgan fingerprint density at radius 3 is 2.60 bits per heavy atom. The lowest BCUT2D eigenvalue weighted by molar-refractivity contribution is -0.142. The fourth-order valence-electron chi connectivity index (χ4n) is 1.97. The number of Topliss-reactive ketones (excluding diaryl/α,β-unsaturated/α-hetero) is 2. The Bertz CT molecular complexity index is 926. The van der Waals surface area contributed by atoms with E-state index >= 15 is 0 Å². The van der Waals surface area contributed by atoms with Crippen molar-refractivity contribution < 1.29 is 19.1 Å². The van der Waals surface area contributed by atoms with Crippen molar-refractivity contribution in [2.75, 3.05) is 12.3 Å². The molecule has 0 saturated heterocycles. The zero-order chi connectivity index (χ0) is 18.6. The second-order valence-electron chi connectivity index (χ2n) is 5.06. The third-order valence-electron chi connectivity index (χ3n) is 3.36. The number of rotatable bonds is 7. The van der Waals surface area contributed by atoms with Crippen molar-refractivity contribution in [3.8, 4) is 0 Å². The van der Waals surface area contributed by atoms with E-state index in [4.69, 9.17) is 10.5 Å². The van der Waals surface area contributed by atoms with Gasteiger partial charge in [0, 0.05) is 13.5 Å². The SMILES string of the molecule is Cn1c(N)c(C(=O)COC(=O)CCC(=O)c2cccs2)c(=O)[nH]c1=O. The number of ether oxygens (including phenoxy) is 1. The zero-order valence-electron chi connectivity index (χ0n) is 13.2. The number of nitrogens with one attached hydrogen (secondary N) is 1. The number of nitrogens with two attached hydrogens (primary N) is 1. The van der Waals surface area contributed by atoms with E-state index in [-0.39, 0.29) is 24.4 Å². The lowest BCUT2D eigenvalue weighted by atomic mass is 10.2. The number of ketones is 2. The fourth-order valence-corrected chi connectivity index (χ4v) is 2.67. The number of carbonyl (C=O) groups excluding carboxylic acids is 3. The molecule has 0 atom stereocenters. The molecule has 0 aromatic carbocycles. The van der Waals surface area contributed by atoms with Gasteiger partial charge in [0.1, 0.15) is 11.4 Å². The molecule has 0 saturated carbocycles. The first-order valence-corrected chi connectivity index (χ1v) is 8.03. The van der Waals surface area contributed by atoms with Gasteiger partial charge in [-0.1, -0.05) is 6.07 Å². The summed E-state index contributed by atoms with van der Waals surface area (Å²) in [5.41, 5.74) is 3.42. The van der Waals surface area contributed by atoms with Crippen LogP contribution in [0.5, 0.6) is 0 Å².